The Balaban J connectivity index is 1.76. The number of alkyl halides is 3. The fraction of sp³-hybridized carbons (Fsp3) is 0.682. The van der Waals surface area contributed by atoms with Crippen LogP contribution in [0.3, 0.4) is 0 Å². The molecular formula is C22H32F3N3O3S. The van der Waals surface area contributed by atoms with Crippen LogP contribution in [-0.4, -0.2) is 61.8 Å². The minimum Gasteiger partial charge on any atom is -0.341 e. The monoisotopic (exact) mass is 475 g/mol. The molecule has 1 N–H and O–H groups in total. The molecule has 1 heterocycles. The molecule has 2 unspecified atom stereocenters. The number of sulfonamides is 1. The molecule has 2 aliphatic rings. The van der Waals surface area contributed by atoms with Crippen LogP contribution >= 0.6 is 0 Å². The standard InChI is InChI=1S/C22H32F3N3O3S/c1-4-15(2)20(26-3)21(29)27-12-10-18(11-13-27)28(17-8-9-17)32(30,31)19-7-5-6-16(14-19)22(23,24)25/h5-7,14-15,17-18,20,26H,4,8-13H2,1-3H3. The maximum atomic E-state index is 13.4. The van der Waals surface area contributed by atoms with E-state index < -0.39 is 21.8 Å². The van der Waals surface area contributed by atoms with E-state index in [0.717, 1.165) is 18.6 Å². The first-order chi connectivity index (χ1) is 15.0. The molecule has 1 amide bonds. The molecular weight excluding hydrogens is 443 g/mol. The molecule has 1 aromatic carbocycles. The summed E-state index contributed by atoms with van der Waals surface area (Å²) in [5.74, 6) is 0.188. The quantitative estimate of drug-likeness (QED) is 0.625. The fourth-order valence-corrected chi connectivity index (χ4v) is 6.38. The van der Waals surface area contributed by atoms with E-state index >= 15 is 0 Å². The van der Waals surface area contributed by atoms with Gasteiger partial charge in [0.05, 0.1) is 16.5 Å². The molecule has 32 heavy (non-hydrogen) atoms. The second-order valence-electron chi connectivity index (χ2n) is 8.80. The number of carbonyl (C=O) groups excluding carboxylic acids is 1. The third-order valence-electron chi connectivity index (χ3n) is 6.57. The maximum Gasteiger partial charge on any atom is 0.416 e. The SMILES string of the molecule is CCC(C)C(NC)C(=O)N1CCC(N(C2CC2)S(=O)(=O)c2cccc(C(F)(F)F)c2)CC1. The number of carbonyl (C=O) groups is 1. The number of nitrogens with zero attached hydrogens (tertiary/aromatic N) is 2. The third-order valence-corrected chi connectivity index (χ3v) is 8.57. The molecule has 1 aliphatic carbocycles. The highest BCUT2D eigenvalue weighted by Gasteiger charge is 2.44. The maximum absolute atomic E-state index is 13.4. The zero-order valence-electron chi connectivity index (χ0n) is 18.7. The molecule has 2 atom stereocenters. The van der Waals surface area contributed by atoms with Crippen molar-refractivity contribution >= 4 is 15.9 Å². The van der Waals surface area contributed by atoms with Gasteiger partial charge in [0.2, 0.25) is 15.9 Å². The smallest absolute Gasteiger partial charge is 0.341 e. The average Bonchev–Trinajstić information content (AvgIpc) is 3.59. The molecule has 3 rings (SSSR count). The van der Waals surface area contributed by atoms with E-state index in [4.69, 9.17) is 0 Å². The van der Waals surface area contributed by atoms with Crippen molar-refractivity contribution < 1.29 is 26.4 Å². The highest BCUT2D eigenvalue weighted by atomic mass is 32.2. The topological polar surface area (TPSA) is 69.7 Å². The molecule has 0 aromatic heterocycles. The molecule has 6 nitrogen and oxygen atoms in total. The van der Waals surface area contributed by atoms with Crippen molar-refractivity contribution in [2.45, 2.75) is 75.1 Å². The highest BCUT2D eigenvalue weighted by molar-refractivity contribution is 7.89. The van der Waals surface area contributed by atoms with Crippen molar-refractivity contribution in [3.8, 4) is 0 Å². The van der Waals surface area contributed by atoms with Crippen molar-refractivity contribution in [1.29, 1.82) is 0 Å². The Hall–Kier alpha value is -1.65. The second kappa shape index (κ2) is 9.69. The first kappa shape index (κ1) is 25.0. The molecule has 1 aromatic rings. The zero-order valence-corrected chi connectivity index (χ0v) is 19.5. The molecule has 0 bridgehead atoms. The molecule has 1 aliphatic heterocycles. The summed E-state index contributed by atoms with van der Waals surface area (Å²) in [6.07, 6.45) is -1.41. The van der Waals surface area contributed by atoms with Gasteiger partial charge in [-0.1, -0.05) is 26.3 Å². The molecule has 1 saturated heterocycles. The summed E-state index contributed by atoms with van der Waals surface area (Å²) in [6.45, 7) is 4.90. The molecule has 180 valence electrons. The van der Waals surface area contributed by atoms with Gasteiger partial charge >= 0.3 is 6.18 Å². The summed E-state index contributed by atoms with van der Waals surface area (Å²) >= 11 is 0. The number of nitrogens with one attached hydrogen (secondary N) is 1. The molecule has 2 fully saturated rings. The van der Waals surface area contributed by atoms with E-state index in [1.54, 1.807) is 11.9 Å². The average molecular weight is 476 g/mol. The van der Waals surface area contributed by atoms with Gasteiger partial charge in [-0.05, 0) is 56.8 Å². The van der Waals surface area contributed by atoms with Crippen molar-refractivity contribution in [1.82, 2.24) is 14.5 Å². The fourth-order valence-electron chi connectivity index (χ4n) is 4.40. The van der Waals surface area contributed by atoms with Gasteiger partial charge in [-0.25, -0.2) is 8.42 Å². The highest BCUT2D eigenvalue weighted by Crippen LogP contribution is 2.38. The molecule has 0 spiro atoms. The zero-order chi connectivity index (χ0) is 23.7. The Bertz CT molecular complexity index is 910. The summed E-state index contributed by atoms with van der Waals surface area (Å²) < 4.78 is 67.5. The largest absolute Gasteiger partial charge is 0.416 e. The summed E-state index contributed by atoms with van der Waals surface area (Å²) in [5, 5.41) is 3.09. The Labute approximate surface area is 188 Å². The Morgan fingerprint density at radius 1 is 1.19 bits per heavy atom. The Morgan fingerprint density at radius 3 is 2.28 bits per heavy atom. The number of likely N-dealkylation sites (tertiary alicyclic amines) is 1. The lowest BCUT2D eigenvalue weighted by Crippen LogP contribution is -2.54. The number of rotatable bonds is 8. The van der Waals surface area contributed by atoms with E-state index in [9.17, 15) is 26.4 Å². The number of hydrogen-bond donors (Lipinski definition) is 1. The van der Waals surface area contributed by atoms with Crippen LogP contribution in [0.4, 0.5) is 13.2 Å². The predicted octanol–water partition coefficient (Wildman–Crippen LogP) is 3.48. The lowest BCUT2D eigenvalue weighted by Gasteiger charge is -2.39. The van der Waals surface area contributed by atoms with E-state index in [1.165, 1.54) is 10.4 Å². The van der Waals surface area contributed by atoms with Crippen molar-refractivity contribution in [3.05, 3.63) is 29.8 Å². The lowest BCUT2D eigenvalue weighted by molar-refractivity contribution is -0.138. The van der Waals surface area contributed by atoms with E-state index in [-0.39, 0.29) is 34.8 Å². The van der Waals surface area contributed by atoms with E-state index in [1.807, 2.05) is 13.8 Å². The number of hydrogen-bond acceptors (Lipinski definition) is 4. The number of amides is 1. The van der Waals surface area contributed by atoms with Crippen molar-refractivity contribution in [2.24, 2.45) is 5.92 Å². The third kappa shape index (κ3) is 5.28. The van der Waals surface area contributed by atoms with Crippen LogP contribution in [0, 0.1) is 5.92 Å². The Morgan fingerprint density at radius 2 is 1.78 bits per heavy atom. The molecule has 10 heteroatoms. The van der Waals surface area contributed by atoms with Gasteiger partial charge < -0.3 is 10.2 Å². The second-order valence-corrected chi connectivity index (χ2v) is 10.6. The first-order valence-corrected chi connectivity index (χ1v) is 12.6. The normalized spacial score (nSPS) is 20.4. The van der Waals surface area contributed by atoms with Gasteiger partial charge in [0.1, 0.15) is 0 Å². The van der Waals surface area contributed by atoms with Crippen molar-refractivity contribution in [2.75, 3.05) is 20.1 Å². The van der Waals surface area contributed by atoms with Crippen molar-refractivity contribution in [3.63, 3.8) is 0 Å². The number of piperidine rings is 1. The molecule has 0 radical (unpaired) electrons. The van der Waals surface area contributed by atoms with Crippen LogP contribution in [0.1, 0.15) is 51.5 Å². The Kier molecular flexibility index (Phi) is 7.56. The summed E-state index contributed by atoms with van der Waals surface area (Å²) in [4.78, 5) is 14.4. The van der Waals surface area contributed by atoms with Crippen LogP contribution in [-0.2, 0) is 21.0 Å². The van der Waals surface area contributed by atoms with Gasteiger partial charge in [-0.3, -0.25) is 4.79 Å². The number of halogens is 3. The summed E-state index contributed by atoms with van der Waals surface area (Å²) in [6, 6.07) is 3.14. The van der Waals surface area contributed by atoms with Crippen LogP contribution in [0.2, 0.25) is 0 Å². The van der Waals surface area contributed by atoms with Gasteiger partial charge in [0, 0.05) is 25.2 Å². The van der Waals surface area contributed by atoms with Crippen LogP contribution < -0.4 is 5.32 Å². The van der Waals surface area contributed by atoms with Crippen LogP contribution in [0.25, 0.3) is 0 Å². The van der Waals surface area contributed by atoms with Crippen LogP contribution in [0.5, 0.6) is 0 Å². The summed E-state index contributed by atoms with van der Waals surface area (Å²) in [7, 11) is -2.32. The van der Waals surface area contributed by atoms with E-state index in [2.05, 4.69) is 5.32 Å². The first-order valence-electron chi connectivity index (χ1n) is 11.2. The van der Waals surface area contributed by atoms with E-state index in [0.29, 0.717) is 44.8 Å². The minimum absolute atomic E-state index is 0.0130. The van der Waals surface area contributed by atoms with Gasteiger partial charge in [-0.2, -0.15) is 17.5 Å². The lowest BCUT2D eigenvalue weighted by atomic mass is 9.96. The van der Waals surface area contributed by atoms with Gasteiger partial charge in [-0.15, -0.1) is 0 Å². The number of benzene rings is 1. The predicted molar refractivity (Wildman–Crippen MR) is 115 cm³/mol. The minimum atomic E-state index is -4.61. The van der Waals surface area contributed by atoms with Gasteiger partial charge in [0.25, 0.3) is 0 Å². The van der Waals surface area contributed by atoms with Crippen LogP contribution in [0.15, 0.2) is 29.2 Å². The number of likely N-dealkylation sites (N-methyl/N-ethyl adjacent to an activating group) is 1. The van der Waals surface area contributed by atoms with Gasteiger partial charge in [0.15, 0.2) is 0 Å². The molecule has 1 saturated carbocycles. The summed E-state index contributed by atoms with van der Waals surface area (Å²) in [5.41, 5.74) is -0.974.